The summed E-state index contributed by atoms with van der Waals surface area (Å²) in [5.74, 6) is -0.114. The first-order valence-electron chi connectivity index (χ1n) is 7.14. The molecule has 0 heterocycles. The molecule has 0 saturated heterocycles. The van der Waals surface area contributed by atoms with Gasteiger partial charge in [-0.1, -0.05) is 38.3 Å². The molecule has 0 saturated carbocycles. The molecule has 0 bridgehead atoms. The van der Waals surface area contributed by atoms with E-state index in [-0.39, 0.29) is 6.61 Å². The number of carboxylic acids is 1. The van der Waals surface area contributed by atoms with Crippen molar-refractivity contribution in [3.8, 4) is 0 Å². The van der Waals surface area contributed by atoms with Crippen LogP contribution in [0.2, 0.25) is 0 Å². The van der Waals surface area contributed by atoms with Crippen LogP contribution in [0.1, 0.15) is 64.7 Å². The summed E-state index contributed by atoms with van der Waals surface area (Å²) in [4.78, 5) is 10.3. The SMILES string of the molecule is CC(CC=CCCCCCCCC(=O)O)CCO. The molecule has 0 radical (unpaired) electrons. The van der Waals surface area contributed by atoms with Crippen molar-refractivity contribution < 1.29 is 15.0 Å². The van der Waals surface area contributed by atoms with E-state index >= 15 is 0 Å². The highest BCUT2D eigenvalue weighted by molar-refractivity contribution is 5.66. The molecule has 0 aliphatic heterocycles. The van der Waals surface area contributed by atoms with Crippen molar-refractivity contribution in [1.82, 2.24) is 0 Å². The largest absolute Gasteiger partial charge is 0.481 e. The highest BCUT2D eigenvalue weighted by atomic mass is 16.4. The lowest BCUT2D eigenvalue weighted by molar-refractivity contribution is -0.137. The van der Waals surface area contributed by atoms with Crippen LogP contribution in [0.5, 0.6) is 0 Å². The van der Waals surface area contributed by atoms with Crippen LogP contribution in [0, 0.1) is 5.92 Å². The Morgan fingerprint density at radius 2 is 1.78 bits per heavy atom. The van der Waals surface area contributed by atoms with E-state index in [0.717, 1.165) is 38.5 Å². The minimum absolute atomic E-state index is 0.283. The topological polar surface area (TPSA) is 57.5 Å². The summed E-state index contributed by atoms with van der Waals surface area (Å²) >= 11 is 0. The monoisotopic (exact) mass is 256 g/mol. The molecule has 2 N–H and O–H groups in total. The van der Waals surface area contributed by atoms with Crippen LogP contribution in [-0.4, -0.2) is 22.8 Å². The number of aliphatic hydroxyl groups excluding tert-OH is 1. The third-order valence-corrected chi connectivity index (χ3v) is 3.09. The maximum absolute atomic E-state index is 10.3. The molecule has 0 amide bonds. The molecule has 0 spiro atoms. The predicted octanol–water partition coefficient (Wildman–Crippen LogP) is 3.77. The summed E-state index contributed by atoms with van der Waals surface area (Å²) in [7, 11) is 0. The predicted molar refractivity (Wildman–Crippen MR) is 74.6 cm³/mol. The van der Waals surface area contributed by atoms with Gasteiger partial charge in [0.25, 0.3) is 0 Å². The molecule has 1 unspecified atom stereocenters. The summed E-state index contributed by atoms with van der Waals surface area (Å²) in [6, 6.07) is 0. The van der Waals surface area contributed by atoms with Gasteiger partial charge in [-0.25, -0.2) is 0 Å². The molecule has 106 valence electrons. The molecule has 0 fully saturated rings. The van der Waals surface area contributed by atoms with Crippen molar-refractivity contribution >= 4 is 5.97 Å². The van der Waals surface area contributed by atoms with Gasteiger partial charge in [0.15, 0.2) is 0 Å². The van der Waals surface area contributed by atoms with Crippen LogP contribution < -0.4 is 0 Å². The fourth-order valence-electron chi connectivity index (χ4n) is 1.85. The summed E-state index contributed by atoms with van der Waals surface area (Å²) in [6.45, 7) is 2.44. The summed E-state index contributed by atoms with van der Waals surface area (Å²) in [6.07, 6.45) is 13.2. The van der Waals surface area contributed by atoms with Gasteiger partial charge in [0.1, 0.15) is 0 Å². The average Bonchev–Trinajstić information content (AvgIpc) is 2.31. The van der Waals surface area contributed by atoms with Crippen molar-refractivity contribution in [2.24, 2.45) is 5.92 Å². The lowest BCUT2D eigenvalue weighted by Crippen LogP contribution is -1.95. The standard InChI is InChI=1S/C15H28O3/c1-14(12-13-16)10-8-6-4-2-3-5-7-9-11-15(17)18/h6,8,14,16H,2-5,7,9-13H2,1H3,(H,17,18). The zero-order valence-corrected chi connectivity index (χ0v) is 11.6. The second kappa shape index (κ2) is 12.6. The lowest BCUT2D eigenvalue weighted by atomic mass is 10.0. The Morgan fingerprint density at radius 3 is 2.44 bits per heavy atom. The number of hydrogen-bond acceptors (Lipinski definition) is 2. The van der Waals surface area contributed by atoms with E-state index in [9.17, 15) is 4.79 Å². The minimum Gasteiger partial charge on any atom is -0.481 e. The second-order valence-electron chi connectivity index (χ2n) is 5.02. The minimum atomic E-state index is -0.685. The van der Waals surface area contributed by atoms with Gasteiger partial charge in [0, 0.05) is 13.0 Å². The Bertz CT molecular complexity index is 224. The number of aliphatic carboxylic acids is 1. The van der Waals surface area contributed by atoms with Crippen LogP contribution in [-0.2, 0) is 4.79 Å². The molecular formula is C15H28O3. The first-order chi connectivity index (χ1) is 8.66. The number of rotatable bonds is 12. The number of carbonyl (C=O) groups is 1. The molecule has 0 aliphatic rings. The van der Waals surface area contributed by atoms with E-state index in [2.05, 4.69) is 19.1 Å². The van der Waals surface area contributed by atoms with E-state index in [1.807, 2.05) is 0 Å². The molecule has 0 rings (SSSR count). The molecule has 3 heteroatoms. The maximum atomic E-state index is 10.3. The summed E-state index contributed by atoms with van der Waals surface area (Å²) in [5, 5.41) is 17.2. The lowest BCUT2D eigenvalue weighted by Gasteiger charge is -2.04. The maximum Gasteiger partial charge on any atom is 0.303 e. The van der Waals surface area contributed by atoms with Gasteiger partial charge in [0.05, 0.1) is 0 Å². The smallest absolute Gasteiger partial charge is 0.303 e. The summed E-state index contributed by atoms with van der Waals surface area (Å²) in [5.41, 5.74) is 0. The van der Waals surface area contributed by atoms with Gasteiger partial charge in [-0.15, -0.1) is 0 Å². The van der Waals surface area contributed by atoms with Crippen molar-refractivity contribution in [2.45, 2.75) is 64.7 Å². The average molecular weight is 256 g/mol. The molecule has 0 aromatic carbocycles. The Kier molecular flexibility index (Phi) is 12.0. The Morgan fingerprint density at radius 1 is 1.11 bits per heavy atom. The zero-order valence-electron chi connectivity index (χ0n) is 11.6. The first kappa shape index (κ1) is 17.2. The quantitative estimate of drug-likeness (QED) is 0.413. The fourth-order valence-corrected chi connectivity index (χ4v) is 1.85. The Hall–Kier alpha value is -0.830. The number of carboxylic acid groups (broad SMARTS) is 1. The van der Waals surface area contributed by atoms with Crippen LogP contribution in [0.4, 0.5) is 0 Å². The van der Waals surface area contributed by atoms with E-state index < -0.39 is 5.97 Å². The van der Waals surface area contributed by atoms with Gasteiger partial charge in [-0.3, -0.25) is 4.79 Å². The zero-order chi connectivity index (χ0) is 13.6. The molecule has 3 nitrogen and oxygen atoms in total. The van der Waals surface area contributed by atoms with Crippen LogP contribution in [0.3, 0.4) is 0 Å². The molecule has 0 aromatic heterocycles. The molecule has 1 atom stereocenters. The summed E-state index contributed by atoms with van der Waals surface area (Å²) < 4.78 is 0. The van der Waals surface area contributed by atoms with Gasteiger partial charge in [0.2, 0.25) is 0 Å². The third kappa shape index (κ3) is 13.2. The van der Waals surface area contributed by atoms with E-state index in [4.69, 9.17) is 10.2 Å². The Labute approximate surface area is 111 Å². The number of allylic oxidation sites excluding steroid dienone is 2. The molecular weight excluding hydrogens is 228 g/mol. The second-order valence-corrected chi connectivity index (χ2v) is 5.02. The highest BCUT2D eigenvalue weighted by Crippen LogP contribution is 2.10. The number of unbranched alkanes of at least 4 members (excludes halogenated alkanes) is 5. The van der Waals surface area contributed by atoms with E-state index in [1.165, 1.54) is 12.8 Å². The molecule has 0 aromatic rings. The van der Waals surface area contributed by atoms with Crippen molar-refractivity contribution in [3.05, 3.63) is 12.2 Å². The van der Waals surface area contributed by atoms with Crippen LogP contribution >= 0.6 is 0 Å². The Balaban J connectivity index is 3.19. The van der Waals surface area contributed by atoms with Gasteiger partial charge in [-0.2, -0.15) is 0 Å². The van der Waals surface area contributed by atoms with Crippen molar-refractivity contribution in [1.29, 1.82) is 0 Å². The van der Waals surface area contributed by atoms with Crippen LogP contribution in [0.15, 0.2) is 12.2 Å². The van der Waals surface area contributed by atoms with Crippen molar-refractivity contribution in [2.75, 3.05) is 6.61 Å². The first-order valence-corrected chi connectivity index (χ1v) is 7.14. The van der Waals surface area contributed by atoms with Gasteiger partial charge >= 0.3 is 5.97 Å². The van der Waals surface area contributed by atoms with Crippen LogP contribution in [0.25, 0.3) is 0 Å². The number of hydrogen-bond donors (Lipinski definition) is 2. The third-order valence-electron chi connectivity index (χ3n) is 3.09. The van der Waals surface area contributed by atoms with Crippen molar-refractivity contribution in [3.63, 3.8) is 0 Å². The van der Waals surface area contributed by atoms with Gasteiger partial charge in [-0.05, 0) is 38.0 Å². The molecule has 0 aliphatic carbocycles. The van der Waals surface area contributed by atoms with E-state index in [1.54, 1.807) is 0 Å². The molecule has 18 heavy (non-hydrogen) atoms. The fraction of sp³-hybridized carbons (Fsp3) is 0.800. The van der Waals surface area contributed by atoms with E-state index in [0.29, 0.717) is 12.3 Å². The highest BCUT2D eigenvalue weighted by Gasteiger charge is 1.97. The van der Waals surface area contributed by atoms with Gasteiger partial charge < -0.3 is 10.2 Å². The normalized spacial score (nSPS) is 13.0. The number of aliphatic hydroxyl groups is 1.